The van der Waals surface area contributed by atoms with E-state index < -0.39 is 0 Å². The predicted molar refractivity (Wildman–Crippen MR) is 76.7 cm³/mol. The highest BCUT2D eigenvalue weighted by molar-refractivity contribution is 5.90. The number of hydrogen-bond donors (Lipinski definition) is 2. The maximum atomic E-state index is 11.7. The van der Waals surface area contributed by atoms with Crippen LogP contribution < -0.4 is 11.1 Å². The monoisotopic (exact) mass is 248 g/mol. The van der Waals surface area contributed by atoms with Crippen molar-refractivity contribution in [3.05, 3.63) is 29.3 Å². The Morgan fingerprint density at radius 3 is 2.50 bits per heavy atom. The fraction of sp³-hybridized carbons (Fsp3) is 0.533. The Morgan fingerprint density at radius 1 is 1.11 bits per heavy atom. The van der Waals surface area contributed by atoms with Crippen LogP contribution in [0.2, 0.25) is 0 Å². The molecule has 0 radical (unpaired) electrons. The molecule has 1 amide bonds. The minimum absolute atomic E-state index is 0.103. The molecule has 0 saturated heterocycles. The number of benzene rings is 1. The van der Waals surface area contributed by atoms with E-state index in [0.29, 0.717) is 6.42 Å². The molecular formula is C15H24N2O. The molecule has 0 unspecified atom stereocenters. The summed E-state index contributed by atoms with van der Waals surface area (Å²) in [6.45, 7) is 4.87. The summed E-state index contributed by atoms with van der Waals surface area (Å²) in [6, 6.07) is 6.00. The smallest absolute Gasteiger partial charge is 0.224 e. The lowest BCUT2D eigenvalue weighted by molar-refractivity contribution is -0.116. The summed E-state index contributed by atoms with van der Waals surface area (Å²) in [4.78, 5) is 11.7. The van der Waals surface area contributed by atoms with Gasteiger partial charge in [0.2, 0.25) is 5.91 Å². The highest BCUT2D eigenvalue weighted by atomic mass is 16.1. The van der Waals surface area contributed by atoms with Gasteiger partial charge in [0.15, 0.2) is 0 Å². The number of nitrogens with two attached hydrogens (primary N) is 1. The van der Waals surface area contributed by atoms with Crippen LogP contribution in [0.5, 0.6) is 0 Å². The van der Waals surface area contributed by atoms with E-state index in [4.69, 9.17) is 5.73 Å². The van der Waals surface area contributed by atoms with Gasteiger partial charge in [0.25, 0.3) is 0 Å². The average Bonchev–Trinajstić information content (AvgIpc) is 2.34. The number of rotatable bonds is 7. The lowest BCUT2D eigenvalue weighted by Gasteiger charge is -2.07. The SMILES string of the molecule is Cc1ccc(NC(=O)CCCCCCN)cc1C. The molecule has 0 aliphatic carbocycles. The van der Waals surface area contributed by atoms with Crippen LogP contribution in [0.3, 0.4) is 0 Å². The second-order valence-corrected chi connectivity index (χ2v) is 4.80. The molecule has 3 heteroatoms. The molecule has 0 spiro atoms. The largest absolute Gasteiger partial charge is 0.330 e. The van der Waals surface area contributed by atoms with Crippen molar-refractivity contribution in [1.82, 2.24) is 0 Å². The third-order valence-corrected chi connectivity index (χ3v) is 3.15. The number of hydrogen-bond acceptors (Lipinski definition) is 2. The van der Waals surface area contributed by atoms with Crippen molar-refractivity contribution in [2.24, 2.45) is 5.73 Å². The minimum Gasteiger partial charge on any atom is -0.330 e. The Morgan fingerprint density at radius 2 is 1.83 bits per heavy atom. The third-order valence-electron chi connectivity index (χ3n) is 3.15. The van der Waals surface area contributed by atoms with Crippen LogP contribution in [0.25, 0.3) is 0 Å². The number of carbonyl (C=O) groups is 1. The Hall–Kier alpha value is -1.35. The summed E-state index contributed by atoms with van der Waals surface area (Å²) in [6.07, 6.45) is 4.79. The summed E-state index contributed by atoms with van der Waals surface area (Å²) >= 11 is 0. The molecule has 0 fully saturated rings. The van der Waals surface area contributed by atoms with Crippen LogP contribution >= 0.6 is 0 Å². The number of unbranched alkanes of at least 4 members (excludes halogenated alkanes) is 3. The van der Waals surface area contributed by atoms with Crippen molar-refractivity contribution in [2.45, 2.75) is 46.0 Å². The highest BCUT2D eigenvalue weighted by Gasteiger charge is 2.03. The molecule has 0 saturated carbocycles. The minimum atomic E-state index is 0.103. The van der Waals surface area contributed by atoms with Crippen molar-refractivity contribution in [1.29, 1.82) is 0 Å². The van der Waals surface area contributed by atoms with Gasteiger partial charge in [-0.1, -0.05) is 18.9 Å². The number of carbonyl (C=O) groups excluding carboxylic acids is 1. The van der Waals surface area contributed by atoms with Crippen LogP contribution in [0.1, 0.15) is 43.2 Å². The maximum Gasteiger partial charge on any atom is 0.224 e. The van der Waals surface area contributed by atoms with Crippen LogP contribution in [0, 0.1) is 13.8 Å². The first kappa shape index (κ1) is 14.7. The van der Waals surface area contributed by atoms with Gasteiger partial charge in [-0.2, -0.15) is 0 Å². The summed E-state index contributed by atoms with van der Waals surface area (Å²) in [5.41, 5.74) is 8.76. The van der Waals surface area contributed by atoms with Crippen molar-refractivity contribution >= 4 is 11.6 Å². The van der Waals surface area contributed by atoms with Crippen LogP contribution in [0.15, 0.2) is 18.2 Å². The molecular weight excluding hydrogens is 224 g/mol. The van der Waals surface area contributed by atoms with Crippen LogP contribution in [0.4, 0.5) is 5.69 Å². The molecule has 3 nitrogen and oxygen atoms in total. The first-order valence-corrected chi connectivity index (χ1v) is 6.70. The van der Waals surface area contributed by atoms with E-state index in [0.717, 1.165) is 37.9 Å². The van der Waals surface area contributed by atoms with Gasteiger partial charge < -0.3 is 11.1 Å². The van der Waals surface area contributed by atoms with Crippen molar-refractivity contribution < 1.29 is 4.79 Å². The Bertz CT molecular complexity index is 388. The van der Waals surface area contributed by atoms with Gasteiger partial charge in [-0.05, 0) is 56.5 Å². The molecule has 0 heterocycles. The third kappa shape index (κ3) is 5.32. The average molecular weight is 248 g/mol. The summed E-state index contributed by atoms with van der Waals surface area (Å²) < 4.78 is 0. The normalized spacial score (nSPS) is 10.4. The molecule has 0 aromatic heterocycles. The van der Waals surface area contributed by atoms with Gasteiger partial charge in [0.05, 0.1) is 0 Å². The molecule has 0 bridgehead atoms. The Kier molecular flexibility index (Phi) is 6.44. The van der Waals surface area contributed by atoms with Gasteiger partial charge in [-0.3, -0.25) is 4.79 Å². The lowest BCUT2D eigenvalue weighted by atomic mass is 10.1. The Balaban J connectivity index is 2.29. The van der Waals surface area contributed by atoms with Crippen molar-refractivity contribution in [2.75, 3.05) is 11.9 Å². The molecule has 18 heavy (non-hydrogen) atoms. The van der Waals surface area contributed by atoms with Crippen molar-refractivity contribution in [3.8, 4) is 0 Å². The standard InChI is InChI=1S/C15H24N2O/c1-12-8-9-14(11-13(12)2)17-15(18)7-5-3-4-6-10-16/h8-9,11H,3-7,10,16H2,1-2H3,(H,17,18). The molecule has 1 aromatic rings. The summed E-state index contributed by atoms with van der Waals surface area (Å²) in [7, 11) is 0. The number of anilines is 1. The van der Waals surface area contributed by atoms with Crippen LogP contribution in [-0.4, -0.2) is 12.5 Å². The summed E-state index contributed by atoms with van der Waals surface area (Å²) in [5.74, 6) is 0.103. The van der Waals surface area contributed by atoms with Gasteiger partial charge in [-0.25, -0.2) is 0 Å². The topological polar surface area (TPSA) is 55.1 Å². The predicted octanol–water partition coefficient (Wildman–Crippen LogP) is 3.15. The van der Waals surface area contributed by atoms with E-state index in [1.807, 2.05) is 18.2 Å². The van der Waals surface area contributed by atoms with E-state index >= 15 is 0 Å². The van der Waals surface area contributed by atoms with Crippen LogP contribution in [-0.2, 0) is 4.79 Å². The van der Waals surface area contributed by atoms with Crippen molar-refractivity contribution in [3.63, 3.8) is 0 Å². The van der Waals surface area contributed by atoms with E-state index in [1.54, 1.807) is 0 Å². The van der Waals surface area contributed by atoms with E-state index in [2.05, 4.69) is 19.2 Å². The van der Waals surface area contributed by atoms with Gasteiger partial charge in [0, 0.05) is 12.1 Å². The second kappa shape index (κ2) is 7.88. The molecule has 0 atom stereocenters. The van der Waals surface area contributed by atoms with E-state index in [1.165, 1.54) is 11.1 Å². The van der Waals surface area contributed by atoms with E-state index in [9.17, 15) is 4.79 Å². The van der Waals surface area contributed by atoms with E-state index in [-0.39, 0.29) is 5.91 Å². The quantitative estimate of drug-likeness (QED) is 0.728. The zero-order valence-electron chi connectivity index (χ0n) is 11.5. The Labute approximate surface area is 110 Å². The van der Waals surface area contributed by atoms with Gasteiger partial charge in [0.1, 0.15) is 0 Å². The molecule has 0 aliphatic heterocycles. The first-order chi connectivity index (χ1) is 8.63. The molecule has 1 aromatic carbocycles. The number of aryl methyl sites for hydroxylation is 2. The number of nitrogens with one attached hydrogen (secondary N) is 1. The lowest BCUT2D eigenvalue weighted by Crippen LogP contribution is -2.11. The molecule has 100 valence electrons. The second-order valence-electron chi connectivity index (χ2n) is 4.80. The molecule has 1 rings (SSSR count). The fourth-order valence-electron chi connectivity index (χ4n) is 1.83. The zero-order valence-corrected chi connectivity index (χ0v) is 11.5. The van der Waals surface area contributed by atoms with Gasteiger partial charge in [-0.15, -0.1) is 0 Å². The maximum absolute atomic E-state index is 11.7. The zero-order chi connectivity index (χ0) is 13.4. The first-order valence-electron chi connectivity index (χ1n) is 6.70. The highest BCUT2D eigenvalue weighted by Crippen LogP contribution is 2.14. The fourth-order valence-corrected chi connectivity index (χ4v) is 1.83. The summed E-state index contributed by atoms with van der Waals surface area (Å²) in [5, 5.41) is 2.94. The molecule has 0 aliphatic rings. The van der Waals surface area contributed by atoms with Gasteiger partial charge >= 0.3 is 0 Å². The number of amides is 1. The molecule has 3 N–H and O–H groups in total.